The van der Waals surface area contributed by atoms with E-state index in [4.69, 9.17) is 16.3 Å². The van der Waals surface area contributed by atoms with Crippen LogP contribution in [0.3, 0.4) is 0 Å². The minimum atomic E-state index is 0.0906. The van der Waals surface area contributed by atoms with Gasteiger partial charge in [0.1, 0.15) is 16.8 Å². The number of morpholine rings is 1. The van der Waals surface area contributed by atoms with Gasteiger partial charge < -0.3 is 9.64 Å². The van der Waals surface area contributed by atoms with Gasteiger partial charge in [0.2, 0.25) is 0 Å². The van der Waals surface area contributed by atoms with Crippen LogP contribution in [0.2, 0.25) is 5.15 Å². The molecule has 2 aromatic heterocycles. The van der Waals surface area contributed by atoms with Crippen molar-refractivity contribution >= 4 is 17.4 Å². The zero-order valence-corrected chi connectivity index (χ0v) is 14.1. The summed E-state index contributed by atoms with van der Waals surface area (Å²) in [6.45, 7) is 8.04. The summed E-state index contributed by atoms with van der Waals surface area (Å²) < 4.78 is 7.63. The molecule has 0 radical (unpaired) electrons. The van der Waals surface area contributed by atoms with Crippen LogP contribution in [0.4, 0.5) is 5.82 Å². The van der Waals surface area contributed by atoms with E-state index < -0.39 is 0 Å². The van der Waals surface area contributed by atoms with Gasteiger partial charge in [0.25, 0.3) is 0 Å². The Hall–Kier alpha value is -1.66. The molecule has 3 heterocycles. The molecule has 0 spiro atoms. The molecule has 0 unspecified atom stereocenters. The van der Waals surface area contributed by atoms with Crippen LogP contribution in [0.5, 0.6) is 0 Å². The summed E-state index contributed by atoms with van der Waals surface area (Å²) in [5, 5.41) is 4.99. The molecule has 1 aliphatic heterocycles. The molecule has 0 bridgehead atoms. The van der Waals surface area contributed by atoms with Crippen LogP contribution in [-0.4, -0.2) is 39.5 Å². The lowest BCUT2D eigenvalue weighted by Gasteiger charge is -2.37. The predicted molar refractivity (Wildman–Crippen MR) is 85.4 cm³/mol. The Morgan fingerprint density at radius 3 is 2.68 bits per heavy atom. The van der Waals surface area contributed by atoms with Gasteiger partial charge in [0.05, 0.1) is 24.9 Å². The van der Waals surface area contributed by atoms with Crippen molar-refractivity contribution in [2.75, 3.05) is 24.7 Å². The molecule has 0 N–H and O–H groups in total. The average molecular weight is 322 g/mol. The molecular weight excluding hydrogens is 302 g/mol. The number of halogens is 1. The highest BCUT2D eigenvalue weighted by Gasteiger charge is 2.30. The van der Waals surface area contributed by atoms with E-state index in [0.717, 1.165) is 23.8 Å². The Kier molecular flexibility index (Phi) is 4.06. The number of rotatable bonds is 2. The Morgan fingerprint density at radius 1 is 1.27 bits per heavy atom. The minimum absolute atomic E-state index is 0.0906. The fraction of sp³-hybridized carbons (Fsp3) is 0.533. The minimum Gasteiger partial charge on any atom is -0.377 e. The Bertz CT molecular complexity index is 679. The first-order chi connectivity index (χ1) is 10.5. The molecule has 0 aromatic carbocycles. The van der Waals surface area contributed by atoms with Gasteiger partial charge in [-0.05, 0) is 20.8 Å². The van der Waals surface area contributed by atoms with E-state index in [1.54, 1.807) is 0 Å². The van der Waals surface area contributed by atoms with Gasteiger partial charge >= 0.3 is 0 Å². The molecule has 0 aliphatic carbocycles. The van der Waals surface area contributed by atoms with Crippen LogP contribution in [0.15, 0.2) is 6.07 Å². The van der Waals surface area contributed by atoms with Crippen molar-refractivity contribution < 1.29 is 4.74 Å². The van der Waals surface area contributed by atoms with Gasteiger partial charge in [-0.1, -0.05) is 11.6 Å². The Morgan fingerprint density at radius 2 is 2.05 bits per heavy atom. The predicted octanol–water partition coefficient (Wildman–Crippen LogP) is 2.37. The molecule has 1 atom stereocenters. The maximum absolute atomic E-state index is 6.10. The first kappa shape index (κ1) is 15.2. The van der Waals surface area contributed by atoms with Gasteiger partial charge in [-0.15, -0.1) is 0 Å². The number of hydrogen-bond acceptors (Lipinski definition) is 5. The number of hydrogen-bond donors (Lipinski definition) is 0. The quantitative estimate of drug-likeness (QED) is 0.795. The van der Waals surface area contributed by atoms with Crippen molar-refractivity contribution in [2.45, 2.75) is 26.8 Å². The SMILES string of the molecule is Cc1nc(Cl)cc(N2CCOC[C@@H]2c2c(C)nn(C)c2C)n1. The number of aromatic nitrogens is 4. The van der Waals surface area contributed by atoms with E-state index in [0.29, 0.717) is 24.2 Å². The summed E-state index contributed by atoms with van der Waals surface area (Å²) in [6, 6.07) is 1.90. The van der Waals surface area contributed by atoms with Crippen LogP contribution in [-0.2, 0) is 11.8 Å². The van der Waals surface area contributed by atoms with Crippen molar-refractivity contribution in [2.24, 2.45) is 7.05 Å². The highest BCUT2D eigenvalue weighted by atomic mass is 35.5. The fourth-order valence-electron chi connectivity index (χ4n) is 3.05. The lowest BCUT2D eigenvalue weighted by atomic mass is 10.0. The third kappa shape index (κ3) is 2.68. The van der Waals surface area contributed by atoms with Crippen LogP contribution in [0.25, 0.3) is 0 Å². The molecular formula is C15H20ClN5O. The highest BCUT2D eigenvalue weighted by molar-refractivity contribution is 6.29. The van der Waals surface area contributed by atoms with Crippen LogP contribution in [0.1, 0.15) is 28.8 Å². The molecule has 1 fully saturated rings. The summed E-state index contributed by atoms with van der Waals surface area (Å²) in [6.07, 6.45) is 0. The molecule has 0 saturated carbocycles. The first-order valence-corrected chi connectivity index (χ1v) is 7.71. The van der Waals surface area contributed by atoms with Crippen molar-refractivity contribution in [3.8, 4) is 0 Å². The van der Waals surface area contributed by atoms with E-state index in [1.807, 2.05) is 31.6 Å². The Labute approximate surface area is 135 Å². The van der Waals surface area contributed by atoms with Gasteiger partial charge in [0.15, 0.2) is 0 Å². The second-order valence-electron chi connectivity index (χ2n) is 5.59. The average Bonchev–Trinajstić information content (AvgIpc) is 2.71. The first-order valence-electron chi connectivity index (χ1n) is 7.33. The number of nitrogens with zero attached hydrogens (tertiary/aromatic N) is 5. The molecule has 7 heteroatoms. The largest absolute Gasteiger partial charge is 0.377 e. The molecule has 3 rings (SSSR count). The lowest BCUT2D eigenvalue weighted by Crippen LogP contribution is -2.40. The molecule has 2 aromatic rings. The van der Waals surface area contributed by atoms with E-state index in [-0.39, 0.29) is 6.04 Å². The molecule has 22 heavy (non-hydrogen) atoms. The zero-order valence-electron chi connectivity index (χ0n) is 13.3. The second kappa shape index (κ2) is 5.85. The summed E-state index contributed by atoms with van der Waals surface area (Å²) in [5.41, 5.74) is 3.38. The molecule has 1 aliphatic rings. The van der Waals surface area contributed by atoms with E-state index in [9.17, 15) is 0 Å². The molecule has 1 saturated heterocycles. The lowest BCUT2D eigenvalue weighted by molar-refractivity contribution is 0.0933. The van der Waals surface area contributed by atoms with Crippen LogP contribution in [0, 0.1) is 20.8 Å². The fourth-order valence-corrected chi connectivity index (χ4v) is 3.27. The molecule has 0 amide bonds. The third-order valence-corrected chi connectivity index (χ3v) is 4.31. The van der Waals surface area contributed by atoms with Crippen molar-refractivity contribution in [3.63, 3.8) is 0 Å². The van der Waals surface area contributed by atoms with Crippen molar-refractivity contribution in [1.82, 2.24) is 19.7 Å². The van der Waals surface area contributed by atoms with Crippen molar-refractivity contribution in [3.05, 3.63) is 34.0 Å². The van der Waals surface area contributed by atoms with Gasteiger partial charge in [-0.25, -0.2) is 9.97 Å². The maximum Gasteiger partial charge on any atom is 0.134 e. The van der Waals surface area contributed by atoms with Gasteiger partial charge in [-0.3, -0.25) is 4.68 Å². The number of anilines is 1. The normalized spacial score (nSPS) is 18.8. The smallest absolute Gasteiger partial charge is 0.134 e. The number of aryl methyl sites for hydroxylation is 3. The van der Waals surface area contributed by atoms with Crippen LogP contribution >= 0.6 is 11.6 Å². The molecule has 6 nitrogen and oxygen atoms in total. The summed E-state index contributed by atoms with van der Waals surface area (Å²) in [7, 11) is 1.96. The zero-order chi connectivity index (χ0) is 15.9. The van der Waals surface area contributed by atoms with Crippen molar-refractivity contribution in [1.29, 1.82) is 0 Å². The van der Waals surface area contributed by atoms with Gasteiger partial charge in [-0.2, -0.15) is 5.10 Å². The standard InChI is InChI=1S/C15H20ClN5O/c1-9-15(10(2)20(4)19-9)12-8-22-6-5-21(12)14-7-13(16)17-11(3)18-14/h7,12H,5-6,8H2,1-4H3/t12-/m1/s1. The monoisotopic (exact) mass is 321 g/mol. The van der Waals surface area contributed by atoms with E-state index >= 15 is 0 Å². The molecule has 118 valence electrons. The second-order valence-corrected chi connectivity index (χ2v) is 5.98. The Balaban J connectivity index is 2.04. The highest BCUT2D eigenvalue weighted by Crippen LogP contribution is 2.32. The summed E-state index contributed by atoms with van der Waals surface area (Å²) >= 11 is 6.10. The topological polar surface area (TPSA) is 56.1 Å². The summed E-state index contributed by atoms with van der Waals surface area (Å²) in [5.74, 6) is 1.51. The van der Waals surface area contributed by atoms with Crippen LogP contribution < -0.4 is 4.90 Å². The number of ether oxygens (including phenoxy) is 1. The maximum atomic E-state index is 6.10. The third-order valence-electron chi connectivity index (χ3n) is 4.11. The van der Waals surface area contributed by atoms with E-state index in [1.165, 1.54) is 5.56 Å². The van der Waals surface area contributed by atoms with E-state index in [2.05, 4.69) is 26.9 Å². The summed E-state index contributed by atoms with van der Waals surface area (Å²) in [4.78, 5) is 10.9. The van der Waals surface area contributed by atoms with Gasteiger partial charge in [0, 0.05) is 30.9 Å².